The molecule has 0 saturated carbocycles. The maximum atomic E-state index is 4.93. The van der Waals surface area contributed by atoms with Gasteiger partial charge in [-0.25, -0.2) is 0 Å². The van der Waals surface area contributed by atoms with Crippen LogP contribution in [0.3, 0.4) is 0 Å². The van der Waals surface area contributed by atoms with Gasteiger partial charge >= 0.3 is 0 Å². The van der Waals surface area contributed by atoms with Crippen LogP contribution in [0.4, 0.5) is 0 Å². The minimum absolute atomic E-state index is 0.374. The third-order valence-corrected chi connectivity index (χ3v) is 5.84. The molecule has 0 aromatic rings. The maximum Gasteiger partial charge on any atom is 0.166 e. The number of hydrogen-bond donors (Lipinski definition) is 0. The lowest BCUT2D eigenvalue weighted by Gasteiger charge is -2.03. The molecule has 0 unspecified atom stereocenters. The van der Waals surface area contributed by atoms with Crippen LogP contribution in [-0.4, -0.2) is 7.11 Å². The highest BCUT2D eigenvalue weighted by Gasteiger charge is 2.05. The molecule has 0 spiro atoms. The largest absolute Gasteiger partial charge is 0.490 e. The van der Waals surface area contributed by atoms with Crippen molar-refractivity contribution in [2.45, 2.75) is 6.92 Å². The van der Waals surface area contributed by atoms with Gasteiger partial charge in [-0.3, -0.25) is 0 Å². The van der Waals surface area contributed by atoms with E-state index in [0.29, 0.717) is 0 Å². The van der Waals surface area contributed by atoms with Crippen molar-refractivity contribution in [2.24, 2.45) is 0 Å². The first-order valence-electron chi connectivity index (χ1n) is 2.11. The summed E-state index contributed by atoms with van der Waals surface area (Å²) in [5.74, 6) is 0. The molecule has 1 nitrogen and oxygen atoms in total. The summed E-state index contributed by atoms with van der Waals surface area (Å²) in [5, 5.41) is 0.772. The molecule has 0 bridgehead atoms. The van der Waals surface area contributed by atoms with Crippen molar-refractivity contribution in [2.75, 3.05) is 7.11 Å². The summed E-state index contributed by atoms with van der Waals surface area (Å²) in [7, 11) is 1.63. The van der Waals surface area contributed by atoms with Gasteiger partial charge in [0, 0.05) is 5.31 Å². The van der Waals surface area contributed by atoms with E-state index < -0.39 is 0 Å². The van der Waals surface area contributed by atoms with Crippen LogP contribution in [0.5, 0.6) is 0 Å². The lowest BCUT2D eigenvalue weighted by Crippen LogP contribution is -1.76. The summed E-state index contributed by atoms with van der Waals surface area (Å²) in [6.07, 6.45) is 0. The van der Waals surface area contributed by atoms with Gasteiger partial charge < -0.3 is 4.74 Å². The van der Waals surface area contributed by atoms with Crippen molar-refractivity contribution in [3.05, 3.63) is 9.98 Å². The summed E-state index contributed by atoms with van der Waals surface area (Å²) in [5.41, 5.74) is 0. The Morgan fingerprint density at radius 2 is 1.89 bits per heavy atom. The molecule has 0 heterocycles. The monoisotopic (exact) mass is 338 g/mol. The number of halogens is 3. The zero-order valence-corrected chi connectivity index (χ0v) is 10.6. The fourth-order valence-corrected chi connectivity index (χ4v) is 3.36. The Morgan fingerprint density at radius 3 is 2.00 bits per heavy atom. The SMILES string of the molecule is CO/C(Br)=C(\C)P(Br)Br. The second kappa shape index (κ2) is 5.11. The molecule has 0 aliphatic heterocycles. The highest BCUT2D eigenvalue weighted by molar-refractivity contribution is 9.70. The number of rotatable bonds is 2. The summed E-state index contributed by atoms with van der Waals surface area (Å²) >= 11 is 10.0. The van der Waals surface area contributed by atoms with Crippen molar-refractivity contribution < 1.29 is 4.74 Å². The van der Waals surface area contributed by atoms with Crippen molar-refractivity contribution in [1.29, 1.82) is 0 Å². The van der Waals surface area contributed by atoms with E-state index in [-0.39, 0.29) is 5.33 Å². The Kier molecular flexibility index (Phi) is 5.91. The van der Waals surface area contributed by atoms with Crippen molar-refractivity contribution in [3.63, 3.8) is 0 Å². The van der Waals surface area contributed by atoms with E-state index in [1.807, 2.05) is 6.92 Å². The highest BCUT2D eigenvalue weighted by Crippen LogP contribution is 2.60. The third kappa shape index (κ3) is 3.97. The van der Waals surface area contributed by atoms with Crippen LogP contribution >= 0.6 is 52.2 Å². The summed E-state index contributed by atoms with van der Waals surface area (Å²) in [4.78, 5) is 0. The van der Waals surface area contributed by atoms with E-state index in [0.717, 1.165) is 9.98 Å². The van der Waals surface area contributed by atoms with Crippen LogP contribution in [0.2, 0.25) is 0 Å². The first-order chi connectivity index (χ1) is 4.09. The maximum absolute atomic E-state index is 4.93. The van der Waals surface area contributed by atoms with Gasteiger partial charge in [-0.2, -0.15) is 0 Å². The minimum atomic E-state index is -0.374. The van der Waals surface area contributed by atoms with Gasteiger partial charge in [-0.1, -0.05) is 0 Å². The molecule has 0 aliphatic carbocycles. The molecule has 0 saturated heterocycles. The van der Waals surface area contributed by atoms with Gasteiger partial charge in [-0.15, -0.1) is 0 Å². The van der Waals surface area contributed by atoms with E-state index in [1.54, 1.807) is 7.11 Å². The average Bonchev–Trinajstić information content (AvgIpc) is 1.84. The fraction of sp³-hybridized carbons (Fsp3) is 0.500. The van der Waals surface area contributed by atoms with Crippen molar-refractivity contribution >= 4 is 52.2 Å². The Bertz CT molecular complexity index is 123. The lowest BCUT2D eigenvalue weighted by molar-refractivity contribution is 0.326. The van der Waals surface area contributed by atoms with Crippen LogP contribution in [-0.2, 0) is 4.74 Å². The summed E-state index contributed by atoms with van der Waals surface area (Å²) in [6, 6.07) is 0. The van der Waals surface area contributed by atoms with E-state index >= 15 is 0 Å². The predicted octanol–water partition coefficient (Wildman–Crippen LogP) is 4.32. The Balaban J connectivity index is 4.10. The van der Waals surface area contributed by atoms with Crippen molar-refractivity contribution in [3.8, 4) is 0 Å². The normalized spacial score (nSPS) is 13.6. The molecule has 0 atom stereocenters. The smallest absolute Gasteiger partial charge is 0.166 e. The quantitative estimate of drug-likeness (QED) is 0.537. The molecule has 0 fully saturated rings. The van der Waals surface area contributed by atoms with Crippen LogP contribution in [0.25, 0.3) is 0 Å². The van der Waals surface area contributed by atoms with Gasteiger partial charge in [-0.05, 0) is 53.8 Å². The molecule has 0 rings (SSSR count). The number of methoxy groups -OCH3 is 1. The molecular formula is C4H6Br3OP. The molecule has 0 aliphatic rings. The molecule has 54 valence electrons. The summed E-state index contributed by atoms with van der Waals surface area (Å²) in [6.45, 7) is 1.99. The van der Waals surface area contributed by atoms with E-state index in [2.05, 4.69) is 46.9 Å². The zero-order valence-electron chi connectivity index (χ0n) is 4.99. The van der Waals surface area contributed by atoms with Gasteiger partial charge in [0.1, 0.15) is 0 Å². The Morgan fingerprint density at radius 1 is 1.44 bits per heavy atom. The van der Waals surface area contributed by atoms with E-state index in [1.165, 1.54) is 0 Å². The second-order valence-electron chi connectivity index (χ2n) is 1.30. The molecule has 0 aromatic carbocycles. The number of allylic oxidation sites excluding steroid dienone is 1. The molecule has 0 radical (unpaired) electrons. The molecular weight excluding hydrogens is 335 g/mol. The number of hydrogen-bond acceptors (Lipinski definition) is 1. The van der Waals surface area contributed by atoms with Crippen molar-refractivity contribution in [1.82, 2.24) is 0 Å². The molecule has 0 aromatic heterocycles. The van der Waals surface area contributed by atoms with Gasteiger partial charge in [0.2, 0.25) is 0 Å². The second-order valence-corrected chi connectivity index (χ2v) is 10.3. The average molecular weight is 341 g/mol. The highest BCUT2D eigenvalue weighted by atomic mass is 79.9. The summed E-state index contributed by atoms with van der Waals surface area (Å²) < 4.78 is 5.72. The molecule has 9 heavy (non-hydrogen) atoms. The lowest BCUT2D eigenvalue weighted by atomic mass is 10.7. The Labute approximate surface area is 80.6 Å². The first-order valence-corrected chi connectivity index (χ1v) is 8.29. The molecule has 0 N–H and O–H groups in total. The van der Waals surface area contributed by atoms with Crippen LogP contribution in [0.1, 0.15) is 6.92 Å². The predicted molar refractivity (Wildman–Crippen MR) is 53.4 cm³/mol. The number of ether oxygens (including phenoxy) is 1. The van der Waals surface area contributed by atoms with E-state index in [9.17, 15) is 0 Å². The third-order valence-electron chi connectivity index (χ3n) is 0.717. The van der Waals surface area contributed by atoms with Crippen LogP contribution < -0.4 is 0 Å². The first kappa shape index (κ1) is 10.4. The van der Waals surface area contributed by atoms with Gasteiger partial charge in [0.15, 0.2) is 4.67 Å². The fourth-order valence-electron chi connectivity index (χ4n) is 0.214. The van der Waals surface area contributed by atoms with E-state index in [4.69, 9.17) is 4.74 Å². The van der Waals surface area contributed by atoms with Crippen LogP contribution in [0, 0.1) is 0 Å². The van der Waals surface area contributed by atoms with Gasteiger partial charge in [0.05, 0.1) is 12.4 Å². The minimum Gasteiger partial charge on any atom is -0.490 e. The Hall–Kier alpha value is 1.41. The van der Waals surface area contributed by atoms with Crippen LogP contribution in [0.15, 0.2) is 9.98 Å². The zero-order chi connectivity index (χ0) is 7.44. The standard InChI is InChI=1S/C4H6Br3OP/c1-3(9(6)7)4(5)8-2/h1-2H3/b4-3+. The molecule has 0 amide bonds. The topological polar surface area (TPSA) is 9.23 Å². The molecule has 5 heteroatoms. The van der Waals surface area contributed by atoms with Gasteiger partial charge in [0.25, 0.3) is 0 Å².